The number of thiophene rings is 1. The fourth-order valence-corrected chi connectivity index (χ4v) is 5.16. The van der Waals surface area contributed by atoms with Gasteiger partial charge in [0.15, 0.2) is 0 Å². The lowest BCUT2D eigenvalue weighted by molar-refractivity contribution is 0.0954. The van der Waals surface area contributed by atoms with E-state index in [1.807, 2.05) is 19.1 Å². The Kier molecular flexibility index (Phi) is 5.00. The van der Waals surface area contributed by atoms with Gasteiger partial charge in [-0.25, -0.2) is 9.97 Å². The molecule has 5 rings (SSSR count). The first-order valence-electron chi connectivity index (χ1n) is 10.2. The molecule has 0 spiro atoms. The van der Waals surface area contributed by atoms with E-state index in [-0.39, 0.29) is 11.5 Å². The van der Waals surface area contributed by atoms with Gasteiger partial charge in [-0.15, -0.1) is 11.3 Å². The topological polar surface area (TPSA) is 89.3 Å². The first-order chi connectivity index (χ1) is 14.6. The number of carbonyl (C=O) groups excluding carboxylic acids is 1. The summed E-state index contributed by atoms with van der Waals surface area (Å²) in [6.45, 7) is 6.03. The summed E-state index contributed by atoms with van der Waals surface area (Å²) in [6.07, 6.45) is 3.56. The highest BCUT2D eigenvalue weighted by molar-refractivity contribution is 7.20. The van der Waals surface area contributed by atoms with Crippen LogP contribution >= 0.6 is 11.3 Å². The number of nitrogens with zero attached hydrogens (tertiary/aromatic N) is 4. The average Bonchev–Trinajstić information content (AvgIpc) is 3.38. The number of ether oxygens (including phenoxy) is 1. The summed E-state index contributed by atoms with van der Waals surface area (Å²) < 4.78 is 7.11. The zero-order valence-electron chi connectivity index (χ0n) is 16.8. The molecule has 0 unspecified atom stereocenters. The van der Waals surface area contributed by atoms with Crippen molar-refractivity contribution in [2.45, 2.75) is 32.9 Å². The third-order valence-electron chi connectivity index (χ3n) is 5.71. The molecule has 30 heavy (non-hydrogen) atoms. The summed E-state index contributed by atoms with van der Waals surface area (Å²) >= 11 is 1.30. The number of hydrogen-bond acceptors (Lipinski definition) is 7. The van der Waals surface area contributed by atoms with Crippen molar-refractivity contribution in [1.29, 1.82) is 0 Å². The van der Waals surface area contributed by atoms with Gasteiger partial charge in [-0.05, 0) is 30.5 Å². The molecular formula is C21H23N5O3S. The van der Waals surface area contributed by atoms with Crippen LogP contribution in [0.3, 0.4) is 0 Å². The van der Waals surface area contributed by atoms with E-state index in [2.05, 4.69) is 20.2 Å². The van der Waals surface area contributed by atoms with Gasteiger partial charge in [0.1, 0.15) is 16.5 Å². The van der Waals surface area contributed by atoms with Crippen molar-refractivity contribution in [2.24, 2.45) is 0 Å². The minimum atomic E-state index is -0.183. The molecule has 0 atom stereocenters. The van der Waals surface area contributed by atoms with E-state index >= 15 is 0 Å². The molecule has 1 fully saturated rings. The number of nitrogens with one attached hydrogen (secondary N) is 1. The molecule has 0 aliphatic carbocycles. The zero-order valence-corrected chi connectivity index (χ0v) is 17.6. The number of rotatable bonds is 4. The fraction of sp³-hybridized carbons (Fsp3) is 0.429. The van der Waals surface area contributed by atoms with Gasteiger partial charge in [0.25, 0.3) is 11.5 Å². The molecule has 1 saturated heterocycles. The average molecular weight is 426 g/mol. The molecule has 0 radical (unpaired) electrons. The molecule has 8 nitrogen and oxygen atoms in total. The Hall–Kier alpha value is -2.78. The molecule has 1 N–H and O–H groups in total. The quantitative estimate of drug-likeness (QED) is 0.687. The zero-order chi connectivity index (χ0) is 20.7. The Bertz CT molecular complexity index is 1160. The number of carbonyl (C=O) groups is 1. The van der Waals surface area contributed by atoms with Gasteiger partial charge in [0.05, 0.1) is 23.5 Å². The van der Waals surface area contributed by atoms with Crippen molar-refractivity contribution in [2.75, 3.05) is 31.2 Å². The predicted molar refractivity (Wildman–Crippen MR) is 115 cm³/mol. The van der Waals surface area contributed by atoms with E-state index in [0.29, 0.717) is 33.7 Å². The second kappa shape index (κ2) is 7.81. The molecule has 2 aliphatic heterocycles. The van der Waals surface area contributed by atoms with Gasteiger partial charge in [-0.2, -0.15) is 0 Å². The highest BCUT2D eigenvalue weighted by Crippen LogP contribution is 2.28. The number of morpholine rings is 1. The lowest BCUT2D eigenvalue weighted by atomic mass is 10.2. The molecule has 3 aromatic rings. The third kappa shape index (κ3) is 3.37. The summed E-state index contributed by atoms with van der Waals surface area (Å²) in [4.78, 5) is 38.2. The minimum absolute atomic E-state index is 0.0248. The number of anilines is 1. The van der Waals surface area contributed by atoms with Crippen LogP contribution in [0.25, 0.3) is 10.2 Å². The van der Waals surface area contributed by atoms with Crippen LogP contribution in [-0.4, -0.2) is 46.7 Å². The monoisotopic (exact) mass is 425 g/mol. The van der Waals surface area contributed by atoms with Crippen LogP contribution in [0.4, 0.5) is 5.82 Å². The van der Waals surface area contributed by atoms with Gasteiger partial charge in [0, 0.05) is 38.8 Å². The van der Waals surface area contributed by atoms with Crippen LogP contribution in [0.1, 0.15) is 33.0 Å². The van der Waals surface area contributed by atoms with E-state index in [9.17, 15) is 9.59 Å². The number of aromatic nitrogens is 3. The van der Waals surface area contributed by atoms with Crippen molar-refractivity contribution in [3.05, 3.63) is 50.5 Å². The first kappa shape index (κ1) is 19.2. The summed E-state index contributed by atoms with van der Waals surface area (Å²) in [5.74, 6) is 1.57. The maximum Gasteiger partial charge on any atom is 0.262 e. The van der Waals surface area contributed by atoms with Gasteiger partial charge >= 0.3 is 0 Å². The van der Waals surface area contributed by atoms with E-state index in [4.69, 9.17) is 4.74 Å². The van der Waals surface area contributed by atoms with Crippen LogP contribution in [0.15, 0.2) is 23.1 Å². The number of hydrogen-bond donors (Lipinski definition) is 1. The minimum Gasteiger partial charge on any atom is -0.378 e. The number of amides is 1. The van der Waals surface area contributed by atoms with Crippen molar-refractivity contribution >= 4 is 33.3 Å². The molecule has 1 amide bonds. The molecule has 3 aromatic heterocycles. The van der Waals surface area contributed by atoms with Gasteiger partial charge in [-0.1, -0.05) is 6.07 Å². The Morgan fingerprint density at radius 3 is 2.87 bits per heavy atom. The molecule has 9 heteroatoms. The Balaban J connectivity index is 1.31. The molecular weight excluding hydrogens is 402 g/mol. The van der Waals surface area contributed by atoms with Crippen LogP contribution in [0, 0.1) is 6.92 Å². The summed E-state index contributed by atoms with van der Waals surface area (Å²) in [6, 6.07) is 3.96. The second-order valence-electron chi connectivity index (χ2n) is 7.63. The maximum absolute atomic E-state index is 12.8. The van der Waals surface area contributed by atoms with Crippen molar-refractivity contribution < 1.29 is 9.53 Å². The lowest BCUT2D eigenvalue weighted by Gasteiger charge is -2.27. The summed E-state index contributed by atoms with van der Waals surface area (Å²) in [5, 5.41) is 3.53. The Morgan fingerprint density at radius 1 is 1.27 bits per heavy atom. The predicted octanol–water partition coefficient (Wildman–Crippen LogP) is 1.87. The van der Waals surface area contributed by atoms with Crippen LogP contribution < -0.4 is 15.8 Å². The third-order valence-corrected chi connectivity index (χ3v) is 6.90. The molecule has 5 heterocycles. The number of aryl methyl sites for hydroxylation is 2. The fourth-order valence-electron chi connectivity index (χ4n) is 4.06. The van der Waals surface area contributed by atoms with Crippen molar-refractivity contribution in [1.82, 2.24) is 19.9 Å². The van der Waals surface area contributed by atoms with Gasteiger partial charge in [-0.3, -0.25) is 14.2 Å². The highest BCUT2D eigenvalue weighted by Gasteiger charge is 2.23. The smallest absolute Gasteiger partial charge is 0.262 e. The van der Waals surface area contributed by atoms with Crippen molar-refractivity contribution in [3.8, 4) is 0 Å². The van der Waals surface area contributed by atoms with E-state index in [1.165, 1.54) is 11.3 Å². The molecule has 0 bridgehead atoms. The highest BCUT2D eigenvalue weighted by atomic mass is 32.1. The standard InChI is InChI=1S/C21H23N5O3S/c1-13-17-20(24-16-3-2-6-26(16)21(17)28)30-18(13)19(27)23-12-14-4-5-15(22-11-14)25-7-9-29-10-8-25/h4-5,11H,2-3,6-10,12H2,1H3,(H,23,27). The number of pyridine rings is 1. The molecule has 156 valence electrons. The summed E-state index contributed by atoms with van der Waals surface area (Å²) in [5.41, 5.74) is 1.62. The van der Waals surface area contributed by atoms with Gasteiger partial charge in [0.2, 0.25) is 0 Å². The SMILES string of the molecule is Cc1c(C(=O)NCc2ccc(N3CCOCC3)nc2)sc2nc3n(c(=O)c12)CCC3. The largest absolute Gasteiger partial charge is 0.378 e. The molecule has 0 saturated carbocycles. The van der Waals surface area contributed by atoms with Gasteiger partial charge < -0.3 is 15.0 Å². The van der Waals surface area contributed by atoms with E-state index < -0.39 is 0 Å². The van der Waals surface area contributed by atoms with Crippen LogP contribution in [0.2, 0.25) is 0 Å². The Morgan fingerprint density at radius 2 is 2.10 bits per heavy atom. The normalized spacial score (nSPS) is 16.1. The Labute approximate surface area is 177 Å². The molecule has 2 aliphatic rings. The van der Waals surface area contributed by atoms with Crippen molar-refractivity contribution in [3.63, 3.8) is 0 Å². The lowest BCUT2D eigenvalue weighted by Crippen LogP contribution is -2.36. The first-order valence-corrected chi connectivity index (χ1v) is 11.0. The van der Waals surface area contributed by atoms with E-state index in [0.717, 1.165) is 56.4 Å². The molecule has 0 aromatic carbocycles. The summed E-state index contributed by atoms with van der Waals surface area (Å²) in [7, 11) is 0. The van der Waals surface area contributed by atoms with E-state index in [1.54, 1.807) is 10.8 Å². The van der Waals surface area contributed by atoms with Crippen LogP contribution in [-0.2, 0) is 24.2 Å². The second-order valence-corrected chi connectivity index (χ2v) is 8.63. The maximum atomic E-state index is 12.8. The van der Waals surface area contributed by atoms with Crippen LogP contribution in [0.5, 0.6) is 0 Å². The number of fused-ring (bicyclic) bond motifs is 2.